The highest BCUT2D eigenvalue weighted by molar-refractivity contribution is 6.09. The molecule has 0 N–H and O–H groups in total. The number of rotatable bonds is 4. The molecular formula is C29H30FN3O2. The van der Waals surface area contributed by atoms with Gasteiger partial charge in [0.25, 0.3) is 5.91 Å². The topological polar surface area (TPSA) is 43.9 Å². The van der Waals surface area contributed by atoms with Gasteiger partial charge in [0.1, 0.15) is 0 Å². The maximum absolute atomic E-state index is 16.3. The molecule has 1 aliphatic carbocycles. The third kappa shape index (κ3) is 3.38. The third-order valence-corrected chi connectivity index (χ3v) is 8.14. The Morgan fingerprint density at radius 1 is 1.03 bits per heavy atom. The predicted octanol–water partition coefficient (Wildman–Crippen LogP) is 4.59. The molecule has 0 saturated carbocycles. The molecule has 5 nitrogen and oxygen atoms in total. The van der Waals surface area contributed by atoms with Crippen molar-refractivity contribution in [1.29, 1.82) is 0 Å². The Kier molecular flexibility index (Phi) is 5.18. The number of likely N-dealkylation sites (tertiary alicyclic amines) is 1. The monoisotopic (exact) mass is 471 g/mol. The van der Waals surface area contributed by atoms with Gasteiger partial charge in [0.2, 0.25) is 11.6 Å². The second-order valence-corrected chi connectivity index (χ2v) is 10.3. The van der Waals surface area contributed by atoms with Crippen molar-refractivity contribution in [3.05, 3.63) is 77.4 Å². The molecule has 1 fully saturated rings. The second-order valence-electron chi connectivity index (χ2n) is 10.3. The number of hydrogen-bond donors (Lipinski definition) is 0. The number of anilines is 1. The Labute approximate surface area is 205 Å². The van der Waals surface area contributed by atoms with E-state index in [2.05, 4.69) is 41.3 Å². The molecule has 0 aromatic heterocycles. The van der Waals surface area contributed by atoms with Gasteiger partial charge in [-0.2, -0.15) is 0 Å². The number of benzene rings is 3. The van der Waals surface area contributed by atoms with Crippen LogP contribution in [0.2, 0.25) is 0 Å². The quantitative estimate of drug-likeness (QED) is 0.559. The van der Waals surface area contributed by atoms with Crippen LogP contribution in [0.1, 0.15) is 42.0 Å². The van der Waals surface area contributed by atoms with Gasteiger partial charge in [0, 0.05) is 44.8 Å². The van der Waals surface area contributed by atoms with Gasteiger partial charge in [-0.3, -0.25) is 14.5 Å². The second kappa shape index (κ2) is 8.16. The number of carbonyl (C=O) groups is 2. The fraction of sp³-hybridized carbons (Fsp3) is 0.379. The summed E-state index contributed by atoms with van der Waals surface area (Å²) in [7, 11) is 3.18. The smallest absolute Gasteiger partial charge is 0.270 e. The molecule has 2 heterocycles. The number of carbonyl (C=O) groups excluding carboxylic acids is 2. The minimum Gasteiger partial charge on any atom is -0.349 e. The first-order valence-electron chi connectivity index (χ1n) is 12.5. The lowest BCUT2D eigenvalue weighted by atomic mass is 9.93. The molecule has 6 heteroatoms. The summed E-state index contributed by atoms with van der Waals surface area (Å²) in [5, 5.41) is 2.68. The van der Waals surface area contributed by atoms with Crippen LogP contribution >= 0.6 is 0 Å². The lowest BCUT2D eigenvalue weighted by Crippen LogP contribution is -2.50. The van der Waals surface area contributed by atoms with Gasteiger partial charge in [-0.1, -0.05) is 54.6 Å². The zero-order valence-corrected chi connectivity index (χ0v) is 20.2. The minimum atomic E-state index is -2.31. The van der Waals surface area contributed by atoms with Crippen molar-refractivity contribution in [3.63, 3.8) is 0 Å². The molecule has 0 spiro atoms. The van der Waals surface area contributed by atoms with Crippen molar-refractivity contribution in [1.82, 2.24) is 9.80 Å². The van der Waals surface area contributed by atoms with E-state index in [0.29, 0.717) is 17.3 Å². The first-order valence-corrected chi connectivity index (χ1v) is 12.5. The molecule has 2 aliphatic heterocycles. The summed E-state index contributed by atoms with van der Waals surface area (Å²) in [6.07, 6.45) is 2.10. The largest absolute Gasteiger partial charge is 0.349 e. The predicted molar refractivity (Wildman–Crippen MR) is 135 cm³/mol. The number of nitrogens with zero attached hydrogens (tertiary/aromatic N) is 3. The Bertz CT molecular complexity index is 1330. The summed E-state index contributed by atoms with van der Waals surface area (Å²) in [5.74, 6) is -0.979. The number of alkyl halides is 1. The highest BCUT2D eigenvalue weighted by Crippen LogP contribution is 2.48. The summed E-state index contributed by atoms with van der Waals surface area (Å²) in [4.78, 5) is 31.5. The number of fused-ring (bicyclic) bond motifs is 1. The van der Waals surface area contributed by atoms with E-state index >= 15 is 4.39 Å². The molecule has 0 radical (unpaired) electrons. The van der Waals surface area contributed by atoms with Crippen LogP contribution < -0.4 is 4.90 Å². The Morgan fingerprint density at radius 3 is 2.49 bits per heavy atom. The van der Waals surface area contributed by atoms with Crippen LogP contribution in [0.3, 0.4) is 0 Å². The molecule has 2 unspecified atom stereocenters. The van der Waals surface area contributed by atoms with E-state index < -0.39 is 18.0 Å². The summed E-state index contributed by atoms with van der Waals surface area (Å²) < 4.78 is 16.3. The fourth-order valence-electron chi connectivity index (χ4n) is 6.33. The van der Waals surface area contributed by atoms with Crippen LogP contribution in [-0.2, 0) is 21.7 Å². The van der Waals surface area contributed by atoms with Gasteiger partial charge in [0.15, 0.2) is 0 Å². The van der Waals surface area contributed by atoms with E-state index in [1.54, 1.807) is 31.1 Å². The van der Waals surface area contributed by atoms with Gasteiger partial charge in [-0.15, -0.1) is 0 Å². The summed E-state index contributed by atoms with van der Waals surface area (Å²) >= 11 is 0. The van der Waals surface area contributed by atoms with E-state index in [9.17, 15) is 9.59 Å². The fourth-order valence-corrected chi connectivity index (χ4v) is 6.33. The highest BCUT2D eigenvalue weighted by atomic mass is 19.1. The van der Waals surface area contributed by atoms with Crippen LogP contribution in [0.4, 0.5) is 10.1 Å². The van der Waals surface area contributed by atoms with Crippen LogP contribution in [0, 0.1) is 0 Å². The van der Waals surface area contributed by atoms with Gasteiger partial charge in [0.05, 0.1) is 12.1 Å². The Hall–Kier alpha value is -3.25. The van der Waals surface area contributed by atoms with E-state index in [0.717, 1.165) is 32.4 Å². The summed E-state index contributed by atoms with van der Waals surface area (Å²) in [5.41, 5.74) is 1.42. The lowest BCUT2D eigenvalue weighted by Gasteiger charge is -2.40. The van der Waals surface area contributed by atoms with Crippen LogP contribution in [0.5, 0.6) is 0 Å². The zero-order valence-electron chi connectivity index (χ0n) is 20.2. The van der Waals surface area contributed by atoms with Crippen molar-refractivity contribution in [2.75, 3.05) is 32.1 Å². The number of halogens is 1. The van der Waals surface area contributed by atoms with Gasteiger partial charge >= 0.3 is 0 Å². The highest BCUT2D eigenvalue weighted by Gasteiger charge is 2.55. The molecule has 3 aromatic carbocycles. The van der Waals surface area contributed by atoms with Crippen molar-refractivity contribution in [2.24, 2.45) is 0 Å². The molecule has 1 saturated heterocycles. The van der Waals surface area contributed by atoms with Crippen molar-refractivity contribution in [3.8, 4) is 0 Å². The molecule has 6 rings (SSSR count). The molecule has 3 aliphatic rings. The SMILES string of the molecule is CN(C)C(=O)CC1(F)C(=O)N(C2CCN(C3Cc4cccc5cccc3c45)CC2)c2ccccc21. The van der Waals surface area contributed by atoms with Crippen LogP contribution in [0.25, 0.3) is 10.8 Å². The lowest BCUT2D eigenvalue weighted by molar-refractivity contribution is -0.140. The van der Waals surface area contributed by atoms with Gasteiger partial charge < -0.3 is 9.80 Å². The van der Waals surface area contributed by atoms with Gasteiger partial charge in [-0.25, -0.2) is 4.39 Å². The van der Waals surface area contributed by atoms with E-state index in [4.69, 9.17) is 0 Å². The average Bonchev–Trinajstić information content (AvgIpc) is 3.34. The van der Waals surface area contributed by atoms with E-state index in [1.807, 2.05) is 12.1 Å². The maximum atomic E-state index is 16.3. The molecule has 0 bridgehead atoms. The minimum absolute atomic E-state index is 0.0773. The van der Waals surface area contributed by atoms with E-state index in [-0.39, 0.29) is 11.9 Å². The van der Waals surface area contributed by atoms with Gasteiger partial charge in [-0.05, 0) is 47.2 Å². The van der Waals surface area contributed by atoms with Crippen molar-refractivity contribution >= 4 is 28.3 Å². The molecule has 3 aromatic rings. The van der Waals surface area contributed by atoms with Crippen LogP contribution in [0.15, 0.2) is 60.7 Å². The molecular weight excluding hydrogens is 441 g/mol. The standard InChI is InChI=1S/C29H30FN3O2/c1-31(2)26(34)18-29(30)23-11-3-4-12-24(23)33(28(29)35)21-13-15-32(16-14-21)25-17-20-9-5-7-19-8-6-10-22(25)27(19)20/h3-12,21,25H,13-18H2,1-2H3. The van der Waals surface area contributed by atoms with Crippen molar-refractivity contribution in [2.45, 2.75) is 43.4 Å². The summed E-state index contributed by atoms with van der Waals surface area (Å²) in [6.45, 7) is 1.70. The van der Waals surface area contributed by atoms with Crippen LogP contribution in [-0.4, -0.2) is 54.8 Å². The summed E-state index contributed by atoms with van der Waals surface area (Å²) in [6, 6.07) is 20.4. The molecule has 180 valence electrons. The number of para-hydroxylation sites is 1. The molecule has 35 heavy (non-hydrogen) atoms. The first-order chi connectivity index (χ1) is 16.9. The molecule has 2 amide bonds. The van der Waals surface area contributed by atoms with Crippen molar-refractivity contribution < 1.29 is 14.0 Å². The zero-order chi connectivity index (χ0) is 24.3. The molecule has 2 atom stereocenters. The first kappa shape index (κ1) is 22.2. The number of piperidine rings is 1. The Balaban J connectivity index is 1.23. The normalized spacial score (nSPS) is 24.3. The maximum Gasteiger partial charge on any atom is 0.270 e. The number of amides is 2. The number of hydrogen-bond acceptors (Lipinski definition) is 3. The van der Waals surface area contributed by atoms with E-state index in [1.165, 1.54) is 26.8 Å². The average molecular weight is 472 g/mol. The third-order valence-electron chi connectivity index (χ3n) is 8.14. The Morgan fingerprint density at radius 2 is 1.74 bits per heavy atom.